The highest BCUT2D eigenvalue weighted by molar-refractivity contribution is 7.99. The zero-order chi connectivity index (χ0) is 50.2. The van der Waals surface area contributed by atoms with Crippen LogP contribution in [0.2, 0.25) is 25.1 Å². The molecule has 72 heavy (non-hydrogen) atoms. The van der Waals surface area contributed by atoms with Gasteiger partial charge in [0.25, 0.3) is 0 Å². The number of aliphatic hydroxyl groups excluding tert-OH is 1. The van der Waals surface area contributed by atoms with E-state index in [0.29, 0.717) is 30.9 Å². The van der Waals surface area contributed by atoms with E-state index in [2.05, 4.69) is 6.92 Å². The second-order valence-electron chi connectivity index (χ2n) is 17.4. The van der Waals surface area contributed by atoms with Crippen LogP contribution in [0.25, 0.3) is 0 Å². The number of halogens is 5. The molecular formula is C56H57Cl5O10S. The van der Waals surface area contributed by atoms with Crippen LogP contribution in [0.4, 0.5) is 0 Å². The van der Waals surface area contributed by atoms with Gasteiger partial charge in [0.1, 0.15) is 54.3 Å². The summed E-state index contributed by atoms with van der Waals surface area (Å²) in [4.78, 5) is 0. The number of hydrogen-bond acceptors (Lipinski definition) is 11. The molecule has 0 radical (unpaired) electrons. The molecule has 0 saturated carbocycles. The molecule has 6 aromatic carbocycles. The van der Waals surface area contributed by atoms with Crippen LogP contribution in [0.5, 0.6) is 0 Å². The third-order valence-electron chi connectivity index (χ3n) is 12.1. The van der Waals surface area contributed by atoms with Gasteiger partial charge in [-0.25, -0.2) is 0 Å². The molecule has 2 aliphatic heterocycles. The molecule has 0 spiro atoms. The van der Waals surface area contributed by atoms with E-state index in [-0.39, 0.29) is 52.9 Å². The number of benzene rings is 6. The zero-order valence-corrected chi connectivity index (χ0v) is 44.1. The monoisotopic (exact) mass is 1100 g/mol. The normalized spacial score (nSPS) is 24.3. The molecule has 1 N–H and O–H groups in total. The van der Waals surface area contributed by atoms with Crippen LogP contribution in [0.1, 0.15) is 40.3 Å². The van der Waals surface area contributed by atoms with Crippen LogP contribution in [-0.4, -0.2) is 84.6 Å². The van der Waals surface area contributed by atoms with Gasteiger partial charge in [-0.15, -0.1) is 11.8 Å². The van der Waals surface area contributed by atoms with Crippen LogP contribution in [0.3, 0.4) is 0 Å². The van der Waals surface area contributed by atoms with Crippen molar-refractivity contribution < 1.29 is 47.7 Å². The summed E-state index contributed by atoms with van der Waals surface area (Å²) in [6, 6.07) is 46.9. The van der Waals surface area contributed by atoms with Gasteiger partial charge in [0.15, 0.2) is 6.29 Å². The first-order valence-electron chi connectivity index (χ1n) is 23.7. The van der Waals surface area contributed by atoms with E-state index in [1.54, 1.807) is 36.0 Å². The minimum Gasteiger partial charge on any atom is -0.387 e. The number of aliphatic hydroxyl groups is 1. The van der Waals surface area contributed by atoms with Crippen molar-refractivity contribution >= 4 is 69.8 Å². The average molecular weight is 1100 g/mol. The number of ether oxygens (including phenoxy) is 9. The average Bonchev–Trinajstić information content (AvgIpc) is 3.39. The second-order valence-corrected chi connectivity index (χ2v) is 20.9. The van der Waals surface area contributed by atoms with Crippen LogP contribution in [-0.2, 0) is 82.3 Å². The Kier molecular flexibility index (Phi) is 21.4. The molecule has 0 aliphatic carbocycles. The molecule has 0 bridgehead atoms. The van der Waals surface area contributed by atoms with Crippen LogP contribution >= 0.6 is 69.8 Å². The van der Waals surface area contributed by atoms with Crippen molar-refractivity contribution in [3.05, 3.63) is 210 Å². The fraction of sp³-hybridized carbons (Fsp3) is 0.357. The fourth-order valence-corrected chi connectivity index (χ4v) is 9.94. The summed E-state index contributed by atoms with van der Waals surface area (Å²) >= 11 is 33.1. The number of rotatable bonds is 24. The summed E-state index contributed by atoms with van der Waals surface area (Å²) in [5.74, 6) is 0.709. The van der Waals surface area contributed by atoms with Gasteiger partial charge in [-0.05, 0) is 99.8 Å². The summed E-state index contributed by atoms with van der Waals surface area (Å²) in [6.45, 7) is 3.30. The number of hydrogen-bond donors (Lipinski definition) is 1. The van der Waals surface area contributed by atoms with E-state index in [4.69, 9.17) is 101 Å². The predicted molar refractivity (Wildman–Crippen MR) is 284 cm³/mol. The molecular weight excluding hydrogens is 1040 g/mol. The molecule has 2 saturated heterocycles. The van der Waals surface area contributed by atoms with Gasteiger partial charge < -0.3 is 47.7 Å². The summed E-state index contributed by atoms with van der Waals surface area (Å²) in [7, 11) is 0. The molecule has 0 aromatic heterocycles. The highest BCUT2D eigenvalue weighted by Crippen LogP contribution is 2.38. The number of thioether (sulfide) groups is 1. The standard InChI is InChI=1S/C56H57Cl5O10S/c1-2-72-56-54(68-33-41-16-26-46(61)27-17-41)52(66-31-39-12-22-44(59)23-13-39)50(48(70-56)35-64-29-37-8-18-42(57)19-9-37)71-55-53(67-32-40-14-24-45(60)25-15-40)51(65-30-38-10-20-43(58)21-11-38)49(62)47(69-55)34-63-28-36-6-4-3-5-7-36/h3-27,47-56,62H,2,28-35H2,1H3/t47-,48-,49+,50-,51+,52+,53-,54-,55+,56+/m1/s1. The lowest BCUT2D eigenvalue weighted by Crippen LogP contribution is -2.65. The fourth-order valence-electron chi connectivity index (χ4n) is 8.33. The summed E-state index contributed by atoms with van der Waals surface area (Å²) in [5.41, 5.74) is 4.80. The van der Waals surface area contributed by atoms with Gasteiger partial charge in [0.2, 0.25) is 0 Å². The molecule has 10 nitrogen and oxygen atoms in total. The van der Waals surface area contributed by atoms with E-state index >= 15 is 0 Å². The van der Waals surface area contributed by atoms with Crippen LogP contribution in [0, 0.1) is 0 Å². The Labute approximate surface area is 450 Å². The van der Waals surface area contributed by atoms with Gasteiger partial charge in [-0.3, -0.25) is 0 Å². The SMILES string of the molecule is CCS[C@@H]1O[C@H](COCc2ccc(Cl)cc2)[C@@H](O[C@@H]2O[C@H](COCc3ccccc3)[C@H](O)[C@H](OCc3ccc(Cl)cc3)[C@H]2OCc2ccc(Cl)cc2)[C@H](OCc2ccc(Cl)cc2)[C@H]1OCc1ccc(Cl)cc1. The van der Waals surface area contributed by atoms with Gasteiger partial charge in [-0.1, -0.05) is 156 Å². The van der Waals surface area contributed by atoms with Crippen molar-refractivity contribution in [2.24, 2.45) is 0 Å². The molecule has 0 unspecified atom stereocenters. The third-order valence-corrected chi connectivity index (χ3v) is 14.4. The molecule has 0 amide bonds. The largest absolute Gasteiger partial charge is 0.387 e. The minimum atomic E-state index is -1.23. The predicted octanol–water partition coefficient (Wildman–Crippen LogP) is 13.0. The van der Waals surface area contributed by atoms with Crippen molar-refractivity contribution in [2.75, 3.05) is 19.0 Å². The topological polar surface area (TPSA) is 103 Å². The van der Waals surface area contributed by atoms with Crippen molar-refractivity contribution in [2.45, 2.75) is 107 Å². The van der Waals surface area contributed by atoms with E-state index < -0.39 is 60.6 Å². The Morgan fingerprint density at radius 1 is 0.417 bits per heavy atom. The molecule has 2 aliphatic rings. The Bertz CT molecular complexity index is 2510. The maximum Gasteiger partial charge on any atom is 0.187 e. The Morgan fingerprint density at radius 2 is 0.792 bits per heavy atom. The first-order chi connectivity index (χ1) is 35.1. The molecule has 8 rings (SSSR count). The van der Waals surface area contributed by atoms with E-state index in [1.807, 2.05) is 127 Å². The van der Waals surface area contributed by atoms with Gasteiger partial charge in [-0.2, -0.15) is 0 Å². The van der Waals surface area contributed by atoms with Crippen LogP contribution < -0.4 is 0 Å². The van der Waals surface area contributed by atoms with E-state index in [9.17, 15) is 5.11 Å². The Morgan fingerprint density at radius 3 is 1.24 bits per heavy atom. The highest BCUT2D eigenvalue weighted by Gasteiger charge is 2.54. The summed E-state index contributed by atoms with van der Waals surface area (Å²) in [5, 5.41) is 15.4. The van der Waals surface area contributed by atoms with Gasteiger partial charge >= 0.3 is 0 Å². The highest BCUT2D eigenvalue weighted by atomic mass is 35.5. The zero-order valence-electron chi connectivity index (χ0n) is 39.5. The summed E-state index contributed by atoms with van der Waals surface area (Å²) < 4.78 is 61.5. The van der Waals surface area contributed by atoms with Crippen molar-refractivity contribution in [3.63, 3.8) is 0 Å². The van der Waals surface area contributed by atoms with Crippen molar-refractivity contribution in [1.82, 2.24) is 0 Å². The lowest BCUT2D eigenvalue weighted by Gasteiger charge is -2.49. The second kappa shape index (κ2) is 28.0. The Hall–Kier alpha value is -3.28. The first-order valence-corrected chi connectivity index (χ1v) is 26.7. The maximum absolute atomic E-state index is 12.4. The third kappa shape index (κ3) is 16.1. The first kappa shape index (κ1) is 55.0. The summed E-state index contributed by atoms with van der Waals surface area (Å²) in [6.07, 6.45) is -8.60. The Balaban J connectivity index is 1.17. The van der Waals surface area contributed by atoms with Crippen molar-refractivity contribution in [1.29, 1.82) is 0 Å². The molecule has 16 heteroatoms. The molecule has 6 aromatic rings. The quantitative estimate of drug-likeness (QED) is 0.0627. The lowest BCUT2D eigenvalue weighted by atomic mass is 9.96. The van der Waals surface area contributed by atoms with Crippen molar-refractivity contribution in [3.8, 4) is 0 Å². The molecule has 2 fully saturated rings. The molecule has 10 atom stereocenters. The van der Waals surface area contributed by atoms with Gasteiger partial charge in [0.05, 0.1) is 52.9 Å². The minimum absolute atomic E-state index is 0.00599. The lowest BCUT2D eigenvalue weighted by molar-refractivity contribution is -0.356. The van der Waals surface area contributed by atoms with Crippen LogP contribution in [0.15, 0.2) is 152 Å². The van der Waals surface area contributed by atoms with Gasteiger partial charge in [0, 0.05) is 25.1 Å². The van der Waals surface area contributed by atoms with E-state index in [0.717, 1.165) is 33.4 Å². The smallest absolute Gasteiger partial charge is 0.187 e. The maximum atomic E-state index is 12.4. The van der Waals surface area contributed by atoms with E-state index in [1.165, 1.54) is 0 Å². The molecule has 382 valence electrons. The molecule has 2 heterocycles.